The molecule has 2 aliphatic heterocycles. The summed E-state index contributed by atoms with van der Waals surface area (Å²) in [4.78, 5) is 26.6. The summed E-state index contributed by atoms with van der Waals surface area (Å²) in [7, 11) is 1.65. The minimum atomic E-state index is 0.0460. The lowest BCUT2D eigenvalue weighted by Crippen LogP contribution is -2.36. The van der Waals surface area contributed by atoms with Crippen LogP contribution in [0.1, 0.15) is 42.4 Å². The molecule has 0 saturated carbocycles. The lowest BCUT2D eigenvalue weighted by molar-refractivity contribution is -0.133. The minimum Gasteiger partial charge on any atom is -0.497 e. The van der Waals surface area contributed by atoms with Crippen LogP contribution in [0.3, 0.4) is 0 Å². The van der Waals surface area contributed by atoms with E-state index in [9.17, 15) is 9.59 Å². The predicted molar refractivity (Wildman–Crippen MR) is 119 cm³/mol. The highest BCUT2D eigenvalue weighted by molar-refractivity contribution is 5.99. The largest absolute Gasteiger partial charge is 0.497 e. The van der Waals surface area contributed by atoms with Gasteiger partial charge in [-0.05, 0) is 60.6 Å². The van der Waals surface area contributed by atoms with Crippen LogP contribution in [0.5, 0.6) is 5.75 Å². The molecule has 2 amide bonds. The molecule has 4 rings (SSSR count). The number of carbonyl (C=O) groups excluding carboxylic acids is 2. The zero-order chi connectivity index (χ0) is 21.6. The van der Waals surface area contributed by atoms with Crippen molar-refractivity contribution in [2.24, 2.45) is 0 Å². The van der Waals surface area contributed by atoms with E-state index in [1.165, 1.54) is 5.56 Å². The highest BCUT2D eigenvalue weighted by Gasteiger charge is 2.23. The lowest BCUT2D eigenvalue weighted by atomic mass is 10.0. The molecular weight excluding hydrogens is 392 g/mol. The second kappa shape index (κ2) is 9.96. The Morgan fingerprint density at radius 2 is 2.13 bits per heavy atom. The van der Waals surface area contributed by atoms with Crippen molar-refractivity contribution in [3.05, 3.63) is 59.2 Å². The predicted octanol–water partition coefficient (Wildman–Crippen LogP) is 3.72. The summed E-state index contributed by atoms with van der Waals surface area (Å²) < 4.78 is 11.1. The summed E-state index contributed by atoms with van der Waals surface area (Å²) >= 11 is 0. The summed E-state index contributed by atoms with van der Waals surface area (Å²) in [5, 5.41) is 2.86. The first-order chi connectivity index (χ1) is 15.1. The van der Waals surface area contributed by atoms with Gasteiger partial charge in [-0.3, -0.25) is 9.59 Å². The molecule has 6 nitrogen and oxygen atoms in total. The molecule has 0 radical (unpaired) electrons. The molecule has 164 valence electrons. The number of anilines is 1. The number of hydrogen-bond acceptors (Lipinski definition) is 4. The Labute approximate surface area is 183 Å². The highest BCUT2D eigenvalue weighted by atomic mass is 16.5. The van der Waals surface area contributed by atoms with Gasteiger partial charge in [0.05, 0.1) is 19.6 Å². The molecule has 0 aromatic heterocycles. The van der Waals surface area contributed by atoms with Crippen molar-refractivity contribution < 1.29 is 19.1 Å². The van der Waals surface area contributed by atoms with Crippen LogP contribution in [-0.4, -0.2) is 43.1 Å². The summed E-state index contributed by atoms with van der Waals surface area (Å²) in [5.41, 5.74) is 4.18. The quantitative estimate of drug-likeness (QED) is 0.669. The molecule has 2 aliphatic rings. The van der Waals surface area contributed by atoms with Gasteiger partial charge in [0.1, 0.15) is 5.75 Å². The lowest BCUT2D eigenvalue weighted by Gasteiger charge is -2.26. The van der Waals surface area contributed by atoms with Crippen LogP contribution >= 0.6 is 0 Å². The van der Waals surface area contributed by atoms with Gasteiger partial charge in [0.2, 0.25) is 11.8 Å². The molecule has 1 N–H and O–H groups in total. The number of rotatable bonds is 9. The highest BCUT2D eigenvalue weighted by Crippen LogP contribution is 2.25. The normalized spacial score (nSPS) is 17.3. The number of methoxy groups -OCH3 is 1. The zero-order valence-corrected chi connectivity index (χ0v) is 18.1. The number of benzene rings is 2. The van der Waals surface area contributed by atoms with E-state index in [0.29, 0.717) is 25.9 Å². The van der Waals surface area contributed by atoms with Gasteiger partial charge in [-0.1, -0.05) is 24.3 Å². The average molecular weight is 423 g/mol. The fraction of sp³-hybridized carbons (Fsp3) is 0.440. The smallest absolute Gasteiger partial charge is 0.228 e. The van der Waals surface area contributed by atoms with Crippen molar-refractivity contribution >= 4 is 17.5 Å². The van der Waals surface area contributed by atoms with Crippen LogP contribution in [0.15, 0.2) is 42.5 Å². The Bertz CT molecular complexity index is 937. The number of hydrogen-bond donors (Lipinski definition) is 1. The molecule has 1 fully saturated rings. The standard InChI is InChI=1S/C25H30N2O4/c1-30-21-7-2-6-19(14-21)16-27(17-22-8-4-12-31-22)25(29)9-3-5-18-10-11-23-20(13-18)15-24(28)26-23/h2,6-7,10-11,13-14,22H,3-5,8-9,12,15-17H2,1H3,(H,26,28). The van der Waals surface area contributed by atoms with Crippen LogP contribution in [-0.2, 0) is 33.7 Å². The number of aryl methyl sites for hydroxylation is 1. The fourth-order valence-electron chi connectivity index (χ4n) is 4.32. The Balaban J connectivity index is 1.35. The fourth-order valence-corrected chi connectivity index (χ4v) is 4.32. The van der Waals surface area contributed by atoms with Crippen LogP contribution < -0.4 is 10.1 Å². The molecule has 0 spiro atoms. The first-order valence-electron chi connectivity index (χ1n) is 11.0. The van der Waals surface area contributed by atoms with Gasteiger partial charge < -0.3 is 19.7 Å². The molecule has 2 aromatic rings. The van der Waals surface area contributed by atoms with Gasteiger partial charge in [-0.2, -0.15) is 0 Å². The van der Waals surface area contributed by atoms with Crippen LogP contribution in [0.25, 0.3) is 0 Å². The van der Waals surface area contributed by atoms with Crippen LogP contribution in [0, 0.1) is 0 Å². The topological polar surface area (TPSA) is 67.9 Å². The van der Waals surface area contributed by atoms with Gasteiger partial charge in [-0.25, -0.2) is 0 Å². The van der Waals surface area contributed by atoms with Crippen molar-refractivity contribution in [2.45, 2.75) is 51.2 Å². The van der Waals surface area contributed by atoms with Crippen molar-refractivity contribution in [3.63, 3.8) is 0 Å². The number of nitrogens with zero attached hydrogens (tertiary/aromatic N) is 1. The average Bonchev–Trinajstić information content (AvgIpc) is 3.41. The van der Waals surface area contributed by atoms with E-state index in [0.717, 1.165) is 54.9 Å². The Morgan fingerprint density at radius 1 is 1.23 bits per heavy atom. The molecule has 1 atom stereocenters. The number of ether oxygens (including phenoxy) is 2. The molecule has 31 heavy (non-hydrogen) atoms. The van der Waals surface area contributed by atoms with E-state index < -0.39 is 0 Å². The molecule has 6 heteroatoms. The maximum atomic E-state index is 13.1. The number of amides is 2. The molecule has 0 bridgehead atoms. The van der Waals surface area contributed by atoms with Gasteiger partial charge in [0.25, 0.3) is 0 Å². The third-order valence-corrected chi connectivity index (χ3v) is 5.96. The van der Waals surface area contributed by atoms with Crippen molar-refractivity contribution in [1.29, 1.82) is 0 Å². The summed E-state index contributed by atoms with van der Waals surface area (Å²) in [6, 6.07) is 14.0. The third kappa shape index (κ3) is 5.64. The number of fused-ring (bicyclic) bond motifs is 1. The van der Waals surface area contributed by atoms with E-state index in [-0.39, 0.29) is 17.9 Å². The minimum absolute atomic E-state index is 0.0460. The second-order valence-electron chi connectivity index (χ2n) is 8.33. The van der Waals surface area contributed by atoms with E-state index >= 15 is 0 Å². The summed E-state index contributed by atoms with van der Waals surface area (Å²) in [6.45, 7) is 1.97. The summed E-state index contributed by atoms with van der Waals surface area (Å²) in [6.07, 6.45) is 4.71. The van der Waals surface area contributed by atoms with Crippen LogP contribution in [0.2, 0.25) is 0 Å². The molecule has 1 unspecified atom stereocenters. The van der Waals surface area contributed by atoms with Crippen molar-refractivity contribution in [3.8, 4) is 5.75 Å². The van der Waals surface area contributed by atoms with E-state index in [4.69, 9.17) is 9.47 Å². The van der Waals surface area contributed by atoms with Crippen molar-refractivity contribution in [2.75, 3.05) is 25.6 Å². The number of carbonyl (C=O) groups is 2. The Hall–Kier alpha value is -2.86. The summed E-state index contributed by atoms with van der Waals surface area (Å²) in [5.74, 6) is 0.993. The monoisotopic (exact) mass is 422 g/mol. The third-order valence-electron chi connectivity index (χ3n) is 5.96. The van der Waals surface area contributed by atoms with E-state index in [1.54, 1.807) is 7.11 Å². The molecule has 2 aromatic carbocycles. The van der Waals surface area contributed by atoms with Gasteiger partial charge >= 0.3 is 0 Å². The van der Waals surface area contributed by atoms with Crippen LogP contribution in [0.4, 0.5) is 5.69 Å². The SMILES string of the molecule is COc1cccc(CN(CC2CCCO2)C(=O)CCCc2ccc3c(c2)CC(=O)N3)c1. The zero-order valence-electron chi connectivity index (χ0n) is 18.1. The number of nitrogens with one attached hydrogen (secondary N) is 1. The van der Waals surface area contributed by atoms with E-state index in [2.05, 4.69) is 11.4 Å². The maximum absolute atomic E-state index is 13.1. The molecule has 2 heterocycles. The maximum Gasteiger partial charge on any atom is 0.228 e. The molecule has 0 aliphatic carbocycles. The van der Waals surface area contributed by atoms with Gasteiger partial charge in [-0.15, -0.1) is 0 Å². The molecular formula is C25H30N2O4. The molecule has 1 saturated heterocycles. The Morgan fingerprint density at radius 3 is 2.94 bits per heavy atom. The first-order valence-corrected chi connectivity index (χ1v) is 11.0. The van der Waals surface area contributed by atoms with Gasteiger partial charge in [0, 0.05) is 31.8 Å². The van der Waals surface area contributed by atoms with Crippen molar-refractivity contribution in [1.82, 2.24) is 4.90 Å². The Kier molecular flexibility index (Phi) is 6.87. The first kappa shape index (κ1) is 21.4. The van der Waals surface area contributed by atoms with Gasteiger partial charge in [0.15, 0.2) is 0 Å². The van der Waals surface area contributed by atoms with E-state index in [1.807, 2.05) is 41.3 Å². The second-order valence-corrected chi connectivity index (χ2v) is 8.33.